The number of hydrogen-bond acceptors (Lipinski definition) is 2. The fourth-order valence-corrected chi connectivity index (χ4v) is 1.76. The number of para-hydroxylation sites is 1. The summed E-state index contributed by atoms with van der Waals surface area (Å²) in [6.07, 6.45) is 0.909. The van der Waals surface area contributed by atoms with Crippen LogP contribution in [0.5, 0.6) is 11.5 Å². The first-order chi connectivity index (χ1) is 8.29. The Balaban J connectivity index is 2.17. The van der Waals surface area contributed by atoms with Gasteiger partial charge in [-0.1, -0.05) is 30.3 Å². The van der Waals surface area contributed by atoms with E-state index in [1.54, 1.807) is 0 Å². The topological polar surface area (TPSA) is 35.2 Å². The predicted molar refractivity (Wildman–Crippen MR) is 70.5 cm³/mol. The van der Waals surface area contributed by atoms with Crippen LogP contribution in [-0.2, 0) is 6.42 Å². The van der Waals surface area contributed by atoms with Crippen LogP contribution in [0.1, 0.15) is 11.1 Å². The molecule has 2 nitrogen and oxygen atoms in total. The van der Waals surface area contributed by atoms with Gasteiger partial charge >= 0.3 is 0 Å². The van der Waals surface area contributed by atoms with E-state index in [4.69, 9.17) is 10.5 Å². The van der Waals surface area contributed by atoms with E-state index in [1.807, 2.05) is 36.4 Å². The lowest BCUT2D eigenvalue weighted by atomic mass is 10.1. The summed E-state index contributed by atoms with van der Waals surface area (Å²) in [6.45, 7) is 2.73. The van der Waals surface area contributed by atoms with Crippen molar-refractivity contribution >= 4 is 0 Å². The van der Waals surface area contributed by atoms with Gasteiger partial charge in [0.05, 0.1) is 0 Å². The lowest BCUT2D eigenvalue weighted by Crippen LogP contribution is -2.02. The molecule has 2 aromatic rings. The van der Waals surface area contributed by atoms with E-state index < -0.39 is 0 Å². The second-order valence-electron chi connectivity index (χ2n) is 4.05. The molecule has 0 unspecified atom stereocenters. The number of rotatable bonds is 4. The van der Waals surface area contributed by atoms with Gasteiger partial charge in [0.25, 0.3) is 0 Å². The molecule has 17 heavy (non-hydrogen) atoms. The zero-order chi connectivity index (χ0) is 12.1. The van der Waals surface area contributed by atoms with Crippen LogP contribution in [0.3, 0.4) is 0 Å². The molecule has 0 bridgehead atoms. The Kier molecular flexibility index (Phi) is 3.78. The molecular formula is C15H17NO. The van der Waals surface area contributed by atoms with Crippen LogP contribution >= 0.6 is 0 Å². The molecule has 0 atom stereocenters. The van der Waals surface area contributed by atoms with E-state index in [9.17, 15) is 0 Å². The largest absolute Gasteiger partial charge is 0.457 e. The molecule has 0 saturated heterocycles. The summed E-state index contributed by atoms with van der Waals surface area (Å²) in [5, 5.41) is 0. The Morgan fingerprint density at radius 3 is 2.47 bits per heavy atom. The number of nitrogens with two attached hydrogens (primary N) is 1. The highest BCUT2D eigenvalue weighted by molar-refractivity contribution is 5.39. The number of benzene rings is 2. The van der Waals surface area contributed by atoms with Gasteiger partial charge in [0.2, 0.25) is 0 Å². The molecule has 0 amide bonds. The van der Waals surface area contributed by atoms with Crippen molar-refractivity contribution in [1.29, 1.82) is 0 Å². The first kappa shape index (κ1) is 11.7. The van der Waals surface area contributed by atoms with Crippen molar-refractivity contribution in [3.05, 3.63) is 59.7 Å². The molecule has 2 heteroatoms. The fraction of sp³-hybridized carbons (Fsp3) is 0.200. The third-order valence-corrected chi connectivity index (χ3v) is 2.64. The van der Waals surface area contributed by atoms with E-state index in [1.165, 1.54) is 5.56 Å². The molecule has 0 aliphatic rings. The minimum absolute atomic E-state index is 0.679. The van der Waals surface area contributed by atoms with Gasteiger partial charge in [0.15, 0.2) is 0 Å². The van der Waals surface area contributed by atoms with Crippen LogP contribution < -0.4 is 10.5 Å². The summed E-state index contributed by atoms with van der Waals surface area (Å²) in [5.74, 6) is 1.76. The van der Waals surface area contributed by atoms with Gasteiger partial charge in [-0.05, 0) is 49.2 Å². The third kappa shape index (κ3) is 3.08. The number of aryl methyl sites for hydroxylation is 1. The predicted octanol–water partition coefficient (Wildman–Crippen LogP) is 3.29. The molecular weight excluding hydrogens is 210 g/mol. The average Bonchev–Trinajstić information content (AvgIpc) is 2.34. The van der Waals surface area contributed by atoms with Gasteiger partial charge in [-0.2, -0.15) is 0 Å². The van der Waals surface area contributed by atoms with Crippen molar-refractivity contribution in [1.82, 2.24) is 0 Å². The van der Waals surface area contributed by atoms with Gasteiger partial charge in [0, 0.05) is 0 Å². The van der Waals surface area contributed by atoms with Crippen LogP contribution in [0.2, 0.25) is 0 Å². The van der Waals surface area contributed by atoms with Gasteiger partial charge in [-0.15, -0.1) is 0 Å². The summed E-state index contributed by atoms with van der Waals surface area (Å²) >= 11 is 0. The molecule has 0 fully saturated rings. The van der Waals surface area contributed by atoms with Crippen LogP contribution in [0.15, 0.2) is 48.5 Å². The number of ether oxygens (including phenoxy) is 1. The molecule has 88 valence electrons. The molecule has 0 spiro atoms. The Labute approximate surface area is 102 Å². The van der Waals surface area contributed by atoms with E-state index in [0.29, 0.717) is 6.54 Å². The molecule has 2 aromatic carbocycles. The Hall–Kier alpha value is -1.80. The van der Waals surface area contributed by atoms with Crippen molar-refractivity contribution in [2.24, 2.45) is 5.73 Å². The van der Waals surface area contributed by atoms with Crippen LogP contribution in [0.4, 0.5) is 0 Å². The van der Waals surface area contributed by atoms with Crippen molar-refractivity contribution in [2.75, 3.05) is 6.54 Å². The average molecular weight is 227 g/mol. The fourth-order valence-electron chi connectivity index (χ4n) is 1.76. The Morgan fingerprint density at radius 1 is 1.06 bits per heavy atom. The van der Waals surface area contributed by atoms with Gasteiger partial charge < -0.3 is 10.5 Å². The van der Waals surface area contributed by atoms with Crippen molar-refractivity contribution in [2.45, 2.75) is 13.3 Å². The van der Waals surface area contributed by atoms with Gasteiger partial charge in [0.1, 0.15) is 11.5 Å². The third-order valence-electron chi connectivity index (χ3n) is 2.64. The minimum atomic E-state index is 0.679. The molecule has 2 rings (SSSR count). The minimum Gasteiger partial charge on any atom is -0.457 e. The number of hydrogen-bond donors (Lipinski definition) is 1. The molecule has 0 heterocycles. The normalized spacial score (nSPS) is 10.2. The van der Waals surface area contributed by atoms with Gasteiger partial charge in [-0.3, -0.25) is 0 Å². The van der Waals surface area contributed by atoms with E-state index in [2.05, 4.69) is 19.1 Å². The lowest BCUT2D eigenvalue weighted by Gasteiger charge is -2.10. The van der Waals surface area contributed by atoms with Crippen LogP contribution in [0, 0.1) is 6.92 Å². The van der Waals surface area contributed by atoms with E-state index in [0.717, 1.165) is 23.5 Å². The highest BCUT2D eigenvalue weighted by Gasteiger charge is 2.02. The SMILES string of the molecule is Cc1cc(CCN)ccc1Oc1ccccc1. The van der Waals surface area contributed by atoms with Crippen molar-refractivity contribution < 1.29 is 4.74 Å². The summed E-state index contributed by atoms with van der Waals surface area (Å²) in [6, 6.07) is 16.0. The van der Waals surface area contributed by atoms with Crippen LogP contribution in [0.25, 0.3) is 0 Å². The maximum atomic E-state index is 5.81. The quantitative estimate of drug-likeness (QED) is 0.869. The maximum Gasteiger partial charge on any atom is 0.130 e. The second-order valence-corrected chi connectivity index (χ2v) is 4.05. The lowest BCUT2D eigenvalue weighted by molar-refractivity contribution is 0.478. The first-order valence-corrected chi connectivity index (χ1v) is 5.82. The van der Waals surface area contributed by atoms with E-state index >= 15 is 0 Å². The summed E-state index contributed by atoms with van der Waals surface area (Å²) in [5.41, 5.74) is 7.93. The molecule has 0 aliphatic heterocycles. The first-order valence-electron chi connectivity index (χ1n) is 5.82. The zero-order valence-electron chi connectivity index (χ0n) is 10.0. The smallest absolute Gasteiger partial charge is 0.130 e. The molecule has 2 N–H and O–H groups in total. The molecule has 0 aliphatic carbocycles. The summed E-state index contributed by atoms with van der Waals surface area (Å²) in [7, 11) is 0. The van der Waals surface area contributed by atoms with Gasteiger partial charge in [-0.25, -0.2) is 0 Å². The zero-order valence-corrected chi connectivity index (χ0v) is 10.0. The van der Waals surface area contributed by atoms with Crippen molar-refractivity contribution in [3.8, 4) is 11.5 Å². The highest BCUT2D eigenvalue weighted by atomic mass is 16.5. The van der Waals surface area contributed by atoms with Crippen LogP contribution in [-0.4, -0.2) is 6.54 Å². The summed E-state index contributed by atoms with van der Waals surface area (Å²) in [4.78, 5) is 0. The molecule has 0 aromatic heterocycles. The maximum absolute atomic E-state index is 5.81. The summed E-state index contributed by atoms with van der Waals surface area (Å²) < 4.78 is 5.81. The second kappa shape index (κ2) is 5.51. The van der Waals surface area contributed by atoms with Crippen molar-refractivity contribution in [3.63, 3.8) is 0 Å². The Morgan fingerprint density at radius 2 is 1.82 bits per heavy atom. The highest BCUT2D eigenvalue weighted by Crippen LogP contribution is 2.25. The monoisotopic (exact) mass is 227 g/mol. The van der Waals surface area contributed by atoms with E-state index in [-0.39, 0.29) is 0 Å². The standard InChI is InChI=1S/C15H17NO/c1-12-11-13(9-10-16)7-8-15(12)17-14-5-3-2-4-6-14/h2-8,11H,9-10,16H2,1H3. The Bertz CT molecular complexity index is 480. The molecule has 0 radical (unpaired) electrons. The molecule has 0 saturated carbocycles.